The zero-order chi connectivity index (χ0) is 29.7. The molecule has 2 aromatic heterocycles. The molecule has 9 aromatic rings. The molecule has 0 aliphatic carbocycles. The molecule has 45 heavy (non-hydrogen) atoms. The van der Waals surface area contributed by atoms with Crippen LogP contribution in [0, 0.1) is 0 Å². The SMILES string of the molecule is c1ccc(-c2nc3c(ccc4oc5cc(-c6ccc(N(c7ccccc7)c7ccc8ccccc8c7)cc6)ccc5c43)o2)cc1. The summed E-state index contributed by atoms with van der Waals surface area (Å²) >= 11 is 0. The van der Waals surface area contributed by atoms with Crippen LogP contribution in [0.25, 0.3) is 66.4 Å². The molecule has 9 rings (SSSR count). The van der Waals surface area contributed by atoms with Gasteiger partial charge in [0.15, 0.2) is 5.58 Å². The van der Waals surface area contributed by atoms with Gasteiger partial charge in [-0.3, -0.25) is 0 Å². The quantitative estimate of drug-likeness (QED) is 0.204. The molecule has 0 unspecified atom stereocenters. The molecule has 2 heterocycles. The first-order valence-corrected chi connectivity index (χ1v) is 15.0. The number of benzene rings is 7. The van der Waals surface area contributed by atoms with E-state index in [0.29, 0.717) is 5.89 Å². The maximum absolute atomic E-state index is 6.36. The van der Waals surface area contributed by atoms with Crippen LogP contribution in [0.2, 0.25) is 0 Å². The van der Waals surface area contributed by atoms with E-state index >= 15 is 0 Å². The minimum Gasteiger partial charge on any atom is -0.456 e. The molecule has 0 aliphatic rings. The van der Waals surface area contributed by atoms with Crippen molar-refractivity contribution in [2.75, 3.05) is 4.90 Å². The topological polar surface area (TPSA) is 42.4 Å². The highest BCUT2D eigenvalue weighted by Gasteiger charge is 2.17. The van der Waals surface area contributed by atoms with E-state index in [-0.39, 0.29) is 0 Å². The van der Waals surface area contributed by atoms with Crippen molar-refractivity contribution >= 4 is 60.9 Å². The third-order valence-corrected chi connectivity index (χ3v) is 8.48. The molecule has 7 aromatic carbocycles. The largest absolute Gasteiger partial charge is 0.456 e. The monoisotopic (exact) mass is 578 g/mol. The second-order valence-corrected chi connectivity index (χ2v) is 11.2. The van der Waals surface area contributed by atoms with Crippen molar-refractivity contribution in [2.24, 2.45) is 0 Å². The van der Waals surface area contributed by atoms with Crippen molar-refractivity contribution in [1.82, 2.24) is 4.98 Å². The number of rotatable bonds is 5. The van der Waals surface area contributed by atoms with E-state index in [9.17, 15) is 0 Å². The van der Waals surface area contributed by atoms with Crippen molar-refractivity contribution < 1.29 is 8.83 Å². The third kappa shape index (κ3) is 4.35. The van der Waals surface area contributed by atoms with Gasteiger partial charge in [0.25, 0.3) is 0 Å². The number of para-hydroxylation sites is 1. The Balaban J connectivity index is 1.10. The van der Waals surface area contributed by atoms with E-state index < -0.39 is 0 Å². The first-order chi connectivity index (χ1) is 22.3. The molecule has 0 spiro atoms. The highest BCUT2D eigenvalue weighted by Crippen LogP contribution is 2.40. The summed E-state index contributed by atoms with van der Waals surface area (Å²) in [5.41, 5.74) is 9.66. The number of hydrogen-bond donors (Lipinski definition) is 0. The van der Waals surface area contributed by atoms with Crippen molar-refractivity contribution in [2.45, 2.75) is 0 Å². The van der Waals surface area contributed by atoms with Crippen LogP contribution in [0.1, 0.15) is 0 Å². The van der Waals surface area contributed by atoms with Gasteiger partial charge in [0.2, 0.25) is 5.89 Å². The standard InChI is InChI=1S/C41H26N2O2/c1-3-10-29(11-4-1)41-42-40-37(45-41)24-23-36-39(40)35-22-18-31(26-38(35)44-36)28-15-19-33(20-16-28)43(32-13-5-2-6-14-32)34-21-17-27-9-7-8-12-30(27)25-34/h1-26H. The van der Waals surface area contributed by atoms with Crippen molar-refractivity contribution in [3.05, 3.63) is 158 Å². The molecule has 0 N–H and O–H groups in total. The Labute approximate surface area is 259 Å². The second-order valence-electron chi connectivity index (χ2n) is 11.2. The lowest BCUT2D eigenvalue weighted by molar-refractivity contribution is 0.619. The van der Waals surface area contributed by atoms with Gasteiger partial charge in [0.05, 0.1) is 5.39 Å². The van der Waals surface area contributed by atoms with E-state index in [1.54, 1.807) is 0 Å². The Morgan fingerprint density at radius 3 is 1.91 bits per heavy atom. The van der Waals surface area contributed by atoms with Crippen molar-refractivity contribution in [1.29, 1.82) is 0 Å². The summed E-state index contributed by atoms with van der Waals surface area (Å²) in [5, 5.41) is 4.44. The van der Waals surface area contributed by atoms with Crippen molar-refractivity contribution in [3.8, 4) is 22.6 Å². The number of nitrogens with zero attached hydrogens (tertiary/aromatic N) is 2. The van der Waals surface area contributed by atoms with Gasteiger partial charge in [-0.1, -0.05) is 84.9 Å². The summed E-state index contributed by atoms with van der Waals surface area (Å²) in [6.07, 6.45) is 0. The Morgan fingerprint density at radius 2 is 1.09 bits per heavy atom. The van der Waals surface area contributed by atoms with Gasteiger partial charge >= 0.3 is 0 Å². The molecule has 0 bridgehead atoms. The molecule has 4 heteroatoms. The van der Waals surface area contributed by atoms with Crippen LogP contribution in [-0.4, -0.2) is 4.98 Å². The number of anilines is 3. The number of aromatic nitrogens is 1. The summed E-state index contributed by atoms with van der Waals surface area (Å²) in [5.74, 6) is 0.609. The fourth-order valence-corrected chi connectivity index (χ4v) is 6.28. The average Bonchev–Trinajstić information content (AvgIpc) is 3.71. The zero-order valence-corrected chi connectivity index (χ0v) is 24.2. The van der Waals surface area contributed by atoms with Gasteiger partial charge in [-0.05, 0) is 94.7 Å². The molecule has 0 saturated carbocycles. The van der Waals surface area contributed by atoms with Crippen LogP contribution in [0.3, 0.4) is 0 Å². The maximum atomic E-state index is 6.36. The van der Waals surface area contributed by atoms with E-state index in [1.807, 2.05) is 42.5 Å². The van der Waals surface area contributed by atoms with Gasteiger partial charge in [0, 0.05) is 28.0 Å². The Kier molecular flexibility index (Phi) is 5.78. The highest BCUT2D eigenvalue weighted by atomic mass is 16.4. The van der Waals surface area contributed by atoms with Crippen LogP contribution in [0.4, 0.5) is 17.1 Å². The summed E-state index contributed by atoms with van der Waals surface area (Å²) in [7, 11) is 0. The van der Waals surface area contributed by atoms with Gasteiger partial charge in [0.1, 0.15) is 16.7 Å². The molecule has 212 valence electrons. The average molecular weight is 579 g/mol. The number of hydrogen-bond acceptors (Lipinski definition) is 4. The smallest absolute Gasteiger partial charge is 0.227 e. The van der Waals surface area contributed by atoms with Crippen LogP contribution in [-0.2, 0) is 0 Å². The summed E-state index contributed by atoms with van der Waals surface area (Å²) in [6.45, 7) is 0. The van der Waals surface area contributed by atoms with Crippen molar-refractivity contribution in [3.63, 3.8) is 0 Å². The molecule has 0 fully saturated rings. The number of furan rings is 1. The predicted molar refractivity (Wildman–Crippen MR) is 184 cm³/mol. The minimum atomic E-state index is 0.609. The first-order valence-electron chi connectivity index (χ1n) is 15.0. The third-order valence-electron chi connectivity index (χ3n) is 8.48. The van der Waals surface area contributed by atoms with Gasteiger partial charge in [-0.25, -0.2) is 4.98 Å². The van der Waals surface area contributed by atoms with Crippen LogP contribution < -0.4 is 4.90 Å². The van der Waals surface area contributed by atoms with E-state index in [4.69, 9.17) is 13.8 Å². The molecular formula is C41H26N2O2. The van der Waals surface area contributed by atoms with E-state index in [1.165, 1.54) is 10.8 Å². The maximum Gasteiger partial charge on any atom is 0.227 e. The highest BCUT2D eigenvalue weighted by molar-refractivity contribution is 6.17. The number of fused-ring (bicyclic) bond motifs is 6. The predicted octanol–water partition coefficient (Wildman–Crippen LogP) is 11.7. The molecule has 0 amide bonds. The zero-order valence-electron chi connectivity index (χ0n) is 24.2. The lowest BCUT2D eigenvalue weighted by Crippen LogP contribution is -2.09. The molecule has 4 nitrogen and oxygen atoms in total. The van der Waals surface area contributed by atoms with Crippen LogP contribution in [0.5, 0.6) is 0 Å². The van der Waals surface area contributed by atoms with E-state index in [0.717, 1.165) is 66.8 Å². The van der Waals surface area contributed by atoms with Gasteiger partial charge in [-0.2, -0.15) is 0 Å². The van der Waals surface area contributed by atoms with Crippen LogP contribution in [0.15, 0.2) is 167 Å². The van der Waals surface area contributed by atoms with Crippen LogP contribution >= 0.6 is 0 Å². The normalized spacial score (nSPS) is 11.6. The fourth-order valence-electron chi connectivity index (χ4n) is 6.28. The molecule has 0 saturated heterocycles. The number of oxazole rings is 1. The van der Waals surface area contributed by atoms with Gasteiger partial charge in [-0.15, -0.1) is 0 Å². The minimum absolute atomic E-state index is 0.609. The first kappa shape index (κ1) is 25.4. The lowest BCUT2D eigenvalue weighted by Gasteiger charge is -2.26. The Bertz CT molecular complexity index is 2480. The van der Waals surface area contributed by atoms with E-state index in [2.05, 4.69) is 120 Å². The molecule has 0 radical (unpaired) electrons. The molecule has 0 aliphatic heterocycles. The Hall–Kier alpha value is -6.13. The summed E-state index contributed by atoms with van der Waals surface area (Å²) in [4.78, 5) is 7.17. The molecule has 0 atom stereocenters. The summed E-state index contributed by atoms with van der Waals surface area (Å²) < 4.78 is 12.5. The second kappa shape index (κ2) is 10.2. The fraction of sp³-hybridized carbons (Fsp3) is 0. The molecular weight excluding hydrogens is 552 g/mol. The van der Waals surface area contributed by atoms with Gasteiger partial charge < -0.3 is 13.7 Å². The summed E-state index contributed by atoms with van der Waals surface area (Å²) in [6, 6.07) is 54.6. The Morgan fingerprint density at radius 1 is 0.422 bits per heavy atom. The lowest BCUT2D eigenvalue weighted by atomic mass is 10.0.